The zero-order valence-electron chi connectivity index (χ0n) is 15.4. The van der Waals surface area contributed by atoms with Gasteiger partial charge in [-0.05, 0) is 31.5 Å². The first-order valence-electron chi connectivity index (χ1n) is 8.80. The fraction of sp³-hybridized carbons (Fsp3) is 0.190. The molecule has 0 unspecified atom stereocenters. The van der Waals surface area contributed by atoms with Crippen molar-refractivity contribution in [2.24, 2.45) is 0 Å². The Morgan fingerprint density at radius 2 is 1.81 bits per heavy atom. The lowest BCUT2D eigenvalue weighted by atomic mass is 10.1. The van der Waals surface area contributed by atoms with Crippen LogP contribution in [0.25, 0.3) is 0 Å². The number of amides is 1. The number of carbonyl (C=O) groups excluding carboxylic acids is 1. The van der Waals surface area contributed by atoms with Crippen molar-refractivity contribution in [1.29, 1.82) is 0 Å². The summed E-state index contributed by atoms with van der Waals surface area (Å²) in [6.45, 7) is 4.98. The van der Waals surface area contributed by atoms with Crippen LogP contribution in [0.2, 0.25) is 0 Å². The summed E-state index contributed by atoms with van der Waals surface area (Å²) in [7, 11) is 0. The molecule has 2 N–H and O–H groups in total. The third kappa shape index (κ3) is 5.04. The van der Waals surface area contributed by atoms with E-state index in [0.29, 0.717) is 19.0 Å². The van der Waals surface area contributed by atoms with Gasteiger partial charge in [0.2, 0.25) is 0 Å². The molecule has 3 aromatic rings. The van der Waals surface area contributed by atoms with Crippen molar-refractivity contribution in [2.75, 3.05) is 11.9 Å². The monoisotopic (exact) mass is 362 g/mol. The third-order valence-electron chi connectivity index (χ3n) is 3.91. The van der Waals surface area contributed by atoms with Gasteiger partial charge < -0.3 is 15.4 Å². The summed E-state index contributed by atoms with van der Waals surface area (Å²) in [5.41, 5.74) is 3.29. The van der Waals surface area contributed by atoms with E-state index >= 15 is 0 Å². The highest BCUT2D eigenvalue weighted by atomic mass is 16.5. The molecule has 3 rings (SSSR count). The third-order valence-corrected chi connectivity index (χ3v) is 3.91. The van der Waals surface area contributed by atoms with Crippen molar-refractivity contribution in [3.63, 3.8) is 0 Å². The highest BCUT2D eigenvalue weighted by molar-refractivity contribution is 5.92. The number of para-hydroxylation sites is 2. The van der Waals surface area contributed by atoms with Crippen LogP contribution in [0, 0.1) is 6.92 Å². The van der Waals surface area contributed by atoms with Crippen LogP contribution in [0.1, 0.15) is 28.5 Å². The van der Waals surface area contributed by atoms with Gasteiger partial charge in [0, 0.05) is 6.54 Å². The van der Waals surface area contributed by atoms with Crippen LogP contribution >= 0.6 is 0 Å². The van der Waals surface area contributed by atoms with Crippen LogP contribution in [0.5, 0.6) is 5.75 Å². The van der Waals surface area contributed by atoms with Crippen LogP contribution in [-0.2, 0) is 6.54 Å². The minimum absolute atomic E-state index is 0.260. The van der Waals surface area contributed by atoms with E-state index in [2.05, 4.69) is 20.6 Å². The van der Waals surface area contributed by atoms with Gasteiger partial charge in [0.15, 0.2) is 0 Å². The normalized spacial score (nSPS) is 10.3. The van der Waals surface area contributed by atoms with Gasteiger partial charge in [-0.25, -0.2) is 9.97 Å². The topological polar surface area (TPSA) is 76.1 Å². The van der Waals surface area contributed by atoms with Crippen LogP contribution < -0.4 is 15.4 Å². The Morgan fingerprint density at radius 1 is 1.04 bits per heavy atom. The SMILES string of the molecule is CCOc1ccccc1Nc1cnc(C(=O)NCc2ccc(C)cc2)cn1. The molecule has 1 aromatic heterocycles. The summed E-state index contributed by atoms with van der Waals surface area (Å²) in [6, 6.07) is 15.6. The van der Waals surface area contributed by atoms with Crippen LogP contribution in [-0.4, -0.2) is 22.5 Å². The fourth-order valence-electron chi connectivity index (χ4n) is 2.48. The molecular weight excluding hydrogens is 340 g/mol. The van der Waals surface area contributed by atoms with Gasteiger partial charge in [-0.2, -0.15) is 0 Å². The molecule has 138 valence electrons. The number of carbonyl (C=O) groups is 1. The first kappa shape index (κ1) is 18.4. The fourth-order valence-corrected chi connectivity index (χ4v) is 2.48. The van der Waals surface area contributed by atoms with E-state index in [1.165, 1.54) is 18.0 Å². The minimum Gasteiger partial charge on any atom is -0.492 e. The number of hydrogen-bond donors (Lipinski definition) is 2. The summed E-state index contributed by atoms with van der Waals surface area (Å²) in [5, 5.41) is 6.00. The van der Waals surface area contributed by atoms with E-state index in [9.17, 15) is 4.79 Å². The number of nitrogens with one attached hydrogen (secondary N) is 2. The Morgan fingerprint density at radius 3 is 2.52 bits per heavy atom. The summed E-state index contributed by atoms with van der Waals surface area (Å²) >= 11 is 0. The van der Waals surface area contributed by atoms with E-state index in [0.717, 1.165) is 17.0 Å². The van der Waals surface area contributed by atoms with Crippen molar-refractivity contribution in [2.45, 2.75) is 20.4 Å². The largest absolute Gasteiger partial charge is 0.492 e. The van der Waals surface area contributed by atoms with Gasteiger partial charge in [-0.15, -0.1) is 0 Å². The number of aromatic nitrogens is 2. The molecule has 0 fully saturated rings. The first-order chi connectivity index (χ1) is 13.2. The Bertz CT molecular complexity index is 893. The maximum absolute atomic E-state index is 12.2. The van der Waals surface area contributed by atoms with Crippen molar-refractivity contribution in [3.05, 3.63) is 77.7 Å². The quantitative estimate of drug-likeness (QED) is 0.667. The molecular formula is C21H22N4O2. The number of hydrogen-bond acceptors (Lipinski definition) is 5. The van der Waals surface area contributed by atoms with Gasteiger partial charge in [0.05, 0.1) is 24.7 Å². The van der Waals surface area contributed by atoms with E-state index in [1.54, 1.807) is 0 Å². The van der Waals surface area contributed by atoms with Crippen molar-refractivity contribution >= 4 is 17.4 Å². The molecule has 1 amide bonds. The smallest absolute Gasteiger partial charge is 0.271 e. The number of anilines is 2. The number of aryl methyl sites for hydroxylation is 1. The lowest BCUT2D eigenvalue weighted by molar-refractivity contribution is 0.0945. The molecule has 0 aliphatic carbocycles. The number of benzene rings is 2. The standard InChI is InChI=1S/C21H22N4O2/c1-3-27-19-7-5-4-6-17(19)25-20-14-22-18(13-23-20)21(26)24-12-16-10-8-15(2)9-11-16/h4-11,13-14H,3,12H2,1-2H3,(H,23,25)(H,24,26). The second kappa shape index (κ2) is 8.80. The summed E-state index contributed by atoms with van der Waals surface area (Å²) < 4.78 is 5.58. The Kier molecular flexibility index (Phi) is 5.99. The molecule has 0 aliphatic heterocycles. The average Bonchev–Trinajstić information content (AvgIpc) is 2.69. The van der Waals surface area contributed by atoms with Gasteiger partial charge in [-0.1, -0.05) is 42.0 Å². The lowest BCUT2D eigenvalue weighted by Crippen LogP contribution is -2.24. The molecule has 0 radical (unpaired) electrons. The van der Waals surface area contributed by atoms with Gasteiger partial charge in [0.25, 0.3) is 5.91 Å². The highest BCUT2D eigenvalue weighted by Crippen LogP contribution is 2.26. The number of nitrogens with zero attached hydrogens (tertiary/aromatic N) is 2. The molecule has 0 saturated heterocycles. The van der Waals surface area contributed by atoms with Crippen molar-refractivity contribution in [1.82, 2.24) is 15.3 Å². The highest BCUT2D eigenvalue weighted by Gasteiger charge is 2.09. The second-order valence-electron chi connectivity index (χ2n) is 6.01. The summed E-state index contributed by atoms with van der Waals surface area (Å²) in [4.78, 5) is 20.7. The lowest BCUT2D eigenvalue weighted by Gasteiger charge is -2.11. The predicted molar refractivity (Wildman–Crippen MR) is 105 cm³/mol. The van der Waals surface area contributed by atoms with Crippen LogP contribution in [0.4, 0.5) is 11.5 Å². The minimum atomic E-state index is -0.260. The van der Waals surface area contributed by atoms with E-state index in [4.69, 9.17) is 4.74 Å². The maximum atomic E-state index is 12.2. The molecule has 27 heavy (non-hydrogen) atoms. The van der Waals surface area contributed by atoms with E-state index in [1.807, 2.05) is 62.4 Å². The maximum Gasteiger partial charge on any atom is 0.271 e. The Hall–Kier alpha value is -3.41. The van der Waals surface area contributed by atoms with Gasteiger partial charge in [-0.3, -0.25) is 4.79 Å². The molecule has 0 aliphatic rings. The number of ether oxygens (including phenoxy) is 1. The molecule has 2 aromatic carbocycles. The molecule has 6 nitrogen and oxygen atoms in total. The van der Waals surface area contributed by atoms with E-state index in [-0.39, 0.29) is 11.6 Å². The first-order valence-corrected chi connectivity index (χ1v) is 8.80. The average molecular weight is 362 g/mol. The second-order valence-corrected chi connectivity index (χ2v) is 6.01. The molecule has 6 heteroatoms. The molecule has 0 spiro atoms. The van der Waals surface area contributed by atoms with Crippen LogP contribution in [0.15, 0.2) is 60.9 Å². The molecule has 1 heterocycles. The number of rotatable bonds is 7. The van der Waals surface area contributed by atoms with E-state index < -0.39 is 0 Å². The summed E-state index contributed by atoms with van der Waals surface area (Å²) in [5.74, 6) is 1.02. The van der Waals surface area contributed by atoms with Crippen molar-refractivity contribution in [3.8, 4) is 5.75 Å². The zero-order valence-corrected chi connectivity index (χ0v) is 15.4. The molecule has 0 atom stereocenters. The van der Waals surface area contributed by atoms with Crippen LogP contribution in [0.3, 0.4) is 0 Å². The Balaban J connectivity index is 1.61. The zero-order chi connectivity index (χ0) is 19.1. The van der Waals surface area contributed by atoms with Gasteiger partial charge >= 0.3 is 0 Å². The predicted octanol–water partition coefficient (Wildman–Crippen LogP) is 3.86. The van der Waals surface area contributed by atoms with Crippen molar-refractivity contribution < 1.29 is 9.53 Å². The Labute approximate surface area is 158 Å². The summed E-state index contributed by atoms with van der Waals surface area (Å²) in [6.07, 6.45) is 2.99. The molecule has 0 bridgehead atoms. The molecule has 0 saturated carbocycles. The van der Waals surface area contributed by atoms with Gasteiger partial charge in [0.1, 0.15) is 17.3 Å².